The molecule has 1 atom stereocenters. The van der Waals surface area contributed by atoms with E-state index in [9.17, 15) is 4.79 Å². The molecule has 0 bridgehead atoms. The molecule has 4 heteroatoms. The van der Waals surface area contributed by atoms with Crippen molar-refractivity contribution < 1.29 is 4.79 Å². The summed E-state index contributed by atoms with van der Waals surface area (Å²) in [5.41, 5.74) is -0.0129. The predicted molar refractivity (Wildman–Crippen MR) is 56.6 cm³/mol. The summed E-state index contributed by atoms with van der Waals surface area (Å²) in [6.45, 7) is 7.13. The van der Waals surface area contributed by atoms with E-state index in [1.54, 1.807) is 0 Å². The maximum absolute atomic E-state index is 10.7. The number of aromatic nitrogens is 3. The third kappa shape index (κ3) is 1.94. The lowest BCUT2D eigenvalue weighted by molar-refractivity contribution is -0.111. The van der Waals surface area contributed by atoms with Crippen molar-refractivity contribution in [1.29, 1.82) is 0 Å². The molecule has 1 aromatic rings. The Labute approximate surface area is 89.7 Å². The Morgan fingerprint density at radius 3 is 2.80 bits per heavy atom. The first-order chi connectivity index (χ1) is 7.00. The van der Waals surface area contributed by atoms with Gasteiger partial charge in [0.25, 0.3) is 0 Å². The van der Waals surface area contributed by atoms with Gasteiger partial charge in [-0.05, 0) is 6.42 Å². The van der Waals surface area contributed by atoms with E-state index in [1.807, 2.05) is 4.68 Å². The molecule has 2 rings (SSSR count). The zero-order valence-corrected chi connectivity index (χ0v) is 9.53. The van der Waals surface area contributed by atoms with Crippen LogP contribution in [0.3, 0.4) is 0 Å². The number of carbonyl (C=O) groups is 1. The number of aldehydes is 1. The topological polar surface area (TPSA) is 47.8 Å². The van der Waals surface area contributed by atoms with Crippen molar-refractivity contribution in [3.05, 3.63) is 11.6 Å². The minimum Gasteiger partial charge on any atom is -0.303 e. The summed E-state index contributed by atoms with van der Waals surface area (Å²) in [5.74, 6) is 1.97. The molecule has 2 heterocycles. The third-order valence-electron chi connectivity index (χ3n) is 2.77. The van der Waals surface area contributed by atoms with Crippen LogP contribution < -0.4 is 0 Å². The van der Waals surface area contributed by atoms with Crippen LogP contribution in [0.1, 0.15) is 38.8 Å². The average molecular weight is 207 g/mol. The van der Waals surface area contributed by atoms with Gasteiger partial charge in [-0.2, -0.15) is 5.10 Å². The lowest BCUT2D eigenvalue weighted by Crippen LogP contribution is -2.21. The molecular formula is C11H17N3O. The molecule has 0 aliphatic carbocycles. The minimum absolute atomic E-state index is 0.0129. The van der Waals surface area contributed by atoms with Gasteiger partial charge in [0.1, 0.15) is 12.1 Å². The molecule has 15 heavy (non-hydrogen) atoms. The van der Waals surface area contributed by atoms with E-state index < -0.39 is 0 Å². The van der Waals surface area contributed by atoms with Crippen molar-refractivity contribution in [1.82, 2.24) is 14.8 Å². The lowest BCUT2D eigenvalue weighted by Gasteiger charge is -2.16. The van der Waals surface area contributed by atoms with E-state index in [1.165, 1.54) is 0 Å². The Kier molecular flexibility index (Phi) is 2.37. The van der Waals surface area contributed by atoms with Crippen molar-refractivity contribution in [2.45, 2.75) is 45.6 Å². The fourth-order valence-corrected chi connectivity index (χ4v) is 1.76. The molecular weight excluding hydrogens is 190 g/mol. The number of carbonyl (C=O) groups excluding carboxylic acids is 1. The number of hydrogen-bond donors (Lipinski definition) is 0. The Bertz CT molecular complexity index is 376. The van der Waals surface area contributed by atoms with E-state index in [4.69, 9.17) is 0 Å². The second-order valence-electron chi connectivity index (χ2n) is 5.21. The Morgan fingerprint density at radius 1 is 1.47 bits per heavy atom. The van der Waals surface area contributed by atoms with Gasteiger partial charge < -0.3 is 4.79 Å². The number of hydrogen-bond acceptors (Lipinski definition) is 3. The molecule has 82 valence electrons. The quantitative estimate of drug-likeness (QED) is 0.653. The van der Waals surface area contributed by atoms with Crippen LogP contribution in [-0.2, 0) is 23.2 Å². The summed E-state index contributed by atoms with van der Waals surface area (Å²) in [6, 6.07) is 0. The van der Waals surface area contributed by atoms with Gasteiger partial charge in [-0.1, -0.05) is 20.8 Å². The highest BCUT2D eigenvalue weighted by Gasteiger charge is 2.25. The van der Waals surface area contributed by atoms with Gasteiger partial charge in [0, 0.05) is 24.3 Å². The van der Waals surface area contributed by atoms with Crippen LogP contribution in [0.15, 0.2) is 0 Å². The van der Waals surface area contributed by atoms with Crippen molar-refractivity contribution in [2.75, 3.05) is 0 Å². The molecule has 1 aliphatic heterocycles. The van der Waals surface area contributed by atoms with Crippen LogP contribution in [0, 0.1) is 5.92 Å². The Morgan fingerprint density at radius 2 is 2.20 bits per heavy atom. The van der Waals surface area contributed by atoms with Gasteiger partial charge in [0.2, 0.25) is 0 Å². The van der Waals surface area contributed by atoms with Gasteiger partial charge in [0.15, 0.2) is 5.82 Å². The SMILES string of the molecule is CC(C)(C)c1nc2n(n1)CCC(C=O)C2. The zero-order valence-electron chi connectivity index (χ0n) is 9.53. The smallest absolute Gasteiger partial charge is 0.156 e. The number of rotatable bonds is 1. The van der Waals surface area contributed by atoms with E-state index in [0.29, 0.717) is 0 Å². The summed E-state index contributed by atoms with van der Waals surface area (Å²) in [4.78, 5) is 15.2. The average Bonchev–Trinajstić information content (AvgIpc) is 2.59. The molecule has 1 aliphatic rings. The van der Waals surface area contributed by atoms with Crippen molar-refractivity contribution >= 4 is 6.29 Å². The summed E-state index contributed by atoms with van der Waals surface area (Å²) in [7, 11) is 0. The van der Waals surface area contributed by atoms with Gasteiger partial charge >= 0.3 is 0 Å². The molecule has 1 aromatic heterocycles. The van der Waals surface area contributed by atoms with E-state index in [0.717, 1.165) is 37.3 Å². The second-order valence-corrected chi connectivity index (χ2v) is 5.21. The lowest BCUT2D eigenvalue weighted by atomic mass is 9.96. The Hall–Kier alpha value is -1.19. The summed E-state index contributed by atoms with van der Waals surface area (Å²) >= 11 is 0. The second kappa shape index (κ2) is 3.43. The highest BCUT2D eigenvalue weighted by atomic mass is 16.1. The Balaban J connectivity index is 2.29. The van der Waals surface area contributed by atoms with Crippen molar-refractivity contribution in [3.8, 4) is 0 Å². The molecule has 0 aromatic carbocycles. The fourth-order valence-electron chi connectivity index (χ4n) is 1.76. The van der Waals surface area contributed by atoms with Crippen LogP contribution in [0.2, 0.25) is 0 Å². The van der Waals surface area contributed by atoms with Gasteiger partial charge in [-0.25, -0.2) is 9.67 Å². The van der Waals surface area contributed by atoms with E-state index in [-0.39, 0.29) is 11.3 Å². The van der Waals surface area contributed by atoms with Gasteiger partial charge in [0.05, 0.1) is 0 Å². The summed E-state index contributed by atoms with van der Waals surface area (Å²) < 4.78 is 1.95. The standard InChI is InChI=1S/C11H17N3O/c1-11(2,3)10-12-9-6-8(7-15)4-5-14(9)13-10/h7-8H,4-6H2,1-3H3. The van der Waals surface area contributed by atoms with Crippen molar-refractivity contribution in [2.24, 2.45) is 5.92 Å². The molecule has 0 fully saturated rings. The molecule has 1 unspecified atom stereocenters. The van der Waals surface area contributed by atoms with E-state index >= 15 is 0 Å². The van der Waals surface area contributed by atoms with Crippen LogP contribution in [0.5, 0.6) is 0 Å². The maximum Gasteiger partial charge on any atom is 0.156 e. The van der Waals surface area contributed by atoms with Gasteiger partial charge in [-0.3, -0.25) is 0 Å². The van der Waals surface area contributed by atoms with Crippen LogP contribution in [-0.4, -0.2) is 21.1 Å². The van der Waals surface area contributed by atoms with E-state index in [2.05, 4.69) is 30.9 Å². The fraction of sp³-hybridized carbons (Fsp3) is 0.727. The summed E-state index contributed by atoms with van der Waals surface area (Å²) in [5, 5.41) is 4.48. The molecule has 0 N–H and O–H groups in total. The molecule has 4 nitrogen and oxygen atoms in total. The van der Waals surface area contributed by atoms with Crippen molar-refractivity contribution in [3.63, 3.8) is 0 Å². The van der Waals surface area contributed by atoms with Gasteiger partial charge in [-0.15, -0.1) is 0 Å². The van der Waals surface area contributed by atoms with Crippen LogP contribution in [0.25, 0.3) is 0 Å². The largest absolute Gasteiger partial charge is 0.303 e. The molecule has 0 amide bonds. The number of nitrogens with zero attached hydrogens (tertiary/aromatic N) is 3. The number of fused-ring (bicyclic) bond motifs is 1. The molecule has 0 radical (unpaired) electrons. The number of aryl methyl sites for hydroxylation is 1. The first kappa shape index (κ1) is 10.3. The first-order valence-corrected chi connectivity index (χ1v) is 5.40. The van der Waals surface area contributed by atoms with Crippen LogP contribution in [0.4, 0.5) is 0 Å². The molecule has 0 spiro atoms. The minimum atomic E-state index is -0.0129. The normalized spacial score (nSPS) is 21.1. The molecule has 0 saturated carbocycles. The monoisotopic (exact) mass is 207 g/mol. The highest BCUT2D eigenvalue weighted by Crippen LogP contribution is 2.22. The highest BCUT2D eigenvalue weighted by molar-refractivity contribution is 5.54. The summed E-state index contributed by atoms with van der Waals surface area (Å²) in [6.07, 6.45) is 2.67. The predicted octanol–water partition coefficient (Wildman–Crippen LogP) is 1.34. The molecule has 0 saturated heterocycles. The first-order valence-electron chi connectivity index (χ1n) is 5.40. The third-order valence-corrected chi connectivity index (χ3v) is 2.77. The zero-order chi connectivity index (χ0) is 11.1. The maximum atomic E-state index is 10.7. The van der Waals surface area contributed by atoms with Crippen LogP contribution >= 0.6 is 0 Å².